The molecule has 0 radical (unpaired) electrons. The van der Waals surface area contributed by atoms with Gasteiger partial charge in [-0.25, -0.2) is 4.57 Å². The predicted molar refractivity (Wildman–Crippen MR) is 222 cm³/mol. The fourth-order valence-corrected chi connectivity index (χ4v) is 6.70. The van der Waals surface area contributed by atoms with Gasteiger partial charge in [0.1, 0.15) is 6.04 Å². The first-order valence-corrected chi connectivity index (χ1v) is 23.3. The van der Waals surface area contributed by atoms with Gasteiger partial charge in [0.2, 0.25) is 0 Å². The van der Waals surface area contributed by atoms with Gasteiger partial charge in [0.25, 0.3) is 0 Å². The molecular formula is C43H80NO10P. The Morgan fingerprint density at radius 1 is 0.527 bits per heavy atom. The summed E-state index contributed by atoms with van der Waals surface area (Å²) in [5, 5.41) is 8.89. The maximum absolute atomic E-state index is 12.4. The van der Waals surface area contributed by atoms with E-state index >= 15 is 0 Å². The van der Waals surface area contributed by atoms with Crippen molar-refractivity contribution in [2.75, 3.05) is 26.4 Å². The summed E-state index contributed by atoms with van der Waals surface area (Å²) < 4.78 is 32.8. The molecule has 0 rings (SSSR count). The second kappa shape index (κ2) is 38.8. The van der Waals surface area contributed by atoms with Crippen molar-refractivity contribution >= 4 is 25.7 Å². The molecule has 0 saturated carbocycles. The van der Waals surface area contributed by atoms with E-state index in [-0.39, 0.29) is 26.1 Å². The SMILES string of the molecule is CCCCCCCC/C=C\CCCCCCCC(=O)OCC(COC(=O)CCCCCCC/C=C\CCCCCCCC)COP(=O)(O)OCC(N)C(=O)O. The number of ether oxygens (including phenoxy) is 2. The predicted octanol–water partition coefficient (Wildman–Crippen LogP) is 11.3. The number of esters is 2. The number of carbonyl (C=O) groups is 3. The molecule has 4 N–H and O–H groups in total. The van der Waals surface area contributed by atoms with Crippen LogP contribution in [0.25, 0.3) is 0 Å². The lowest BCUT2D eigenvalue weighted by molar-refractivity contribution is -0.149. The van der Waals surface area contributed by atoms with Crippen molar-refractivity contribution in [3.63, 3.8) is 0 Å². The van der Waals surface area contributed by atoms with Crippen molar-refractivity contribution in [1.29, 1.82) is 0 Å². The van der Waals surface area contributed by atoms with Gasteiger partial charge in [-0.1, -0.05) is 141 Å². The molecule has 0 bridgehead atoms. The molecule has 0 aliphatic heterocycles. The Morgan fingerprint density at radius 3 is 1.22 bits per heavy atom. The molecule has 0 saturated heterocycles. The molecule has 11 nitrogen and oxygen atoms in total. The third kappa shape index (κ3) is 38.6. The van der Waals surface area contributed by atoms with Crippen molar-refractivity contribution in [3.05, 3.63) is 24.3 Å². The molecule has 322 valence electrons. The number of aliphatic carboxylic acids is 1. The summed E-state index contributed by atoms with van der Waals surface area (Å²) in [7, 11) is -4.66. The summed E-state index contributed by atoms with van der Waals surface area (Å²) >= 11 is 0. The molecule has 0 aromatic carbocycles. The van der Waals surface area contributed by atoms with Crippen LogP contribution in [0.4, 0.5) is 0 Å². The minimum atomic E-state index is -4.66. The maximum Gasteiger partial charge on any atom is 0.472 e. The zero-order valence-electron chi connectivity index (χ0n) is 34.8. The summed E-state index contributed by atoms with van der Waals surface area (Å²) in [6.45, 7) is 2.96. The molecular weight excluding hydrogens is 721 g/mol. The van der Waals surface area contributed by atoms with Crippen molar-refractivity contribution in [2.45, 2.75) is 200 Å². The number of nitrogens with two attached hydrogens (primary N) is 1. The number of carbonyl (C=O) groups excluding carboxylic acids is 2. The second-order valence-electron chi connectivity index (χ2n) is 14.9. The molecule has 0 aliphatic carbocycles. The maximum atomic E-state index is 12.4. The van der Waals surface area contributed by atoms with Crippen molar-refractivity contribution in [1.82, 2.24) is 0 Å². The highest BCUT2D eigenvalue weighted by molar-refractivity contribution is 7.47. The van der Waals surface area contributed by atoms with Gasteiger partial charge in [-0.3, -0.25) is 23.4 Å². The molecule has 0 heterocycles. The fraction of sp³-hybridized carbons (Fsp3) is 0.837. The number of phosphoric acid groups is 1. The number of hydrogen-bond acceptors (Lipinski definition) is 9. The molecule has 55 heavy (non-hydrogen) atoms. The number of phosphoric ester groups is 1. The number of rotatable bonds is 41. The lowest BCUT2D eigenvalue weighted by Gasteiger charge is -2.19. The summed E-state index contributed by atoms with van der Waals surface area (Å²) in [6, 6.07) is -1.50. The molecule has 0 spiro atoms. The molecule has 0 aromatic heterocycles. The van der Waals surface area contributed by atoms with Gasteiger partial charge in [-0.2, -0.15) is 0 Å². The first-order valence-electron chi connectivity index (χ1n) is 21.8. The molecule has 0 amide bonds. The highest BCUT2D eigenvalue weighted by Gasteiger charge is 2.27. The van der Waals surface area contributed by atoms with Crippen LogP contribution in [0, 0.1) is 5.92 Å². The zero-order chi connectivity index (χ0) is 40.7. The molecule has 12 heteroatoms. The zero-order valence-corrected chi connectivity index (χ0v) is 35.7. The smallest absolute Gasteiger partial charge is 0.472 e. The first-order chi connectivity index (χ1) is 26.6. The van der Waals surface area contributed by atoms with Crippen molar-refractivity contribution in [3.8, 4) is 0 Å². The summed E-state index contributed by atoms with van der Waals surface area (Å²) in [4.78, 5) is 45.8. The Kier molecular flexibility index (Phi) is 37.4. The van der Waals surface area contributed by atoms with E-state index in [2.05, 4.69) is 42.7 Å². The normalized spacial score (nSPS) is 13.5. The fourth-order valence-electron chi connectivity index (χ4n) is 5.87. The van der Waals surface area contributed by atoms with E-state index in [4.69, 9.17) is 24.8 Å². The van der Waals surface area contributed by atoms with E-state index in [1.54, 1.807) is 0 Å². The highest BCUT2D eigenvalue weighted by atomic mass is 31.2. The Balaban J connectivity index is 4.37. The number of hydrogen-bond donors (Lipinski definition) is 3. The van der Waals surface area contributed by atoms with Crippen LogP contribution in [-0.4, -0.2) is 60.4 Å². The van der Waals surface area contributed by atoms with Gasteiger partial charge in [0.15, 0.2) is 0 Å². The molecule has 0 aromatic rings. The van der Waals surface area contributed by atoms with Crippen LogP contribution in [0.3, 0.4) is 0 Å². The first kappa shape index (κ1) is 53.0. The standard InChI is InChI=1S/C43H80NO10P/c1-3-5-7-9-11-13-15-17-19-21-23-25-27-29-31-33-41(45)51-35-39(37-53-55(49,50)54-38-40(44)43(47)48)36-52-42(46)34-32-30-28-26-24-22-20-18-16-14-12-10-8-6-4-2/h17-20,39-40H,3-16,21-38,44H2,1-2H3,(H,47,48)(H,49,50)/b19-17-,20-18-. The van der Waals surface area contributed by atoms with E-state index in [0.29, 0.717) is 12.8 Å². The largest absolute Gasteiger partial charge is 0.480 e. The molecule has 2 atom stereocenters. The molecule has 0 fully saturated rings. The summed E-state index contributed by atoms with van der Waals surface area (Å²) in [6.07, 6.45) is 39.8. The van der Waals surface area contributed by atoms with Crippen molar-refractivity contribution < 1.29 is 47.5 Å². The number of unbranched alkanes of at least 4 members (excludes halogenated alkanes) is 22. The Morgan fingerprint density at radius 2 is 0.855 bits per heavy atom. The van der Waals surface area contributed by atoms with E-state index in [1.165, 1.54) is 77.0 Å². The topological polar surface area (TPSA) is 172 Å². The summed E-state index contributed by atoms with van der Waals surface area (Å²) in [5.74, 6) is -2.93. The van der Waals surface area contributed by atoms with Crippen LogP contribution in [0.2, 0.25) is 0 Å². The van der Waals surface area contributed by atoms with Crippen molar-refractivity contribution in [2.24, 2.45) is 11.7 Å². The van der Waals surface area contributed by atoms with Crippen LogP contribution in [0.1, 0.15) is 194 Å². The minimum Gasteiger partial charge on any atom is -0.480 e. The monoisotopic (exact) mass is 802 g/mol. The third-order valence-corrected chi connectivity index (χ3v) is 10.4. The van der Waals surface area contributed by atoms with Gasteiger partial charge in [-0.15, -0.1) is 0 Å². The average molecular weight is 802 g/mol. The van der Waals surface area contributed by atoms with Crippen LogP contribution >= 0.6 is 7.82 Å². The van der Waals surface area contributed by atoms with Crippen LogP contribution in [0.15, 0.2) is 24.3 Å². The number of carboxylic acid groups (broad SMARTS) is 1. The van der Waals surface area contributed by atoms with E-state index in [0.717, 1.165) is 77.0 Å². The van der Waals surface area contributed by atoms with Crippen LogP contribution in [0.5, 0.6) is 0 Å². The second-order valence-corrected chi connectivity index (χ2v) is 16.4. The van der Waals surface area contributed by atoms with E-state index < -0.39 is 50.9 Å². The van der Waals surface area contributed by atoms with Gasteiger partial charge in [0.05, 0.1) is 32.3 Å². The Labute approximate surface area is 334 Å². The number of allylic oxidation sites excluding steroid dienone is 4. The van der Waals surface area contributed by atoms with Crippen LogP contribution in [-0.2, 0) is 37.5 Å². The Hall–Kier alpha value is -2.04. The van der Waals surface area contributed by atoms with Gasteiger partial charge < -0.3 is 25.2 Å². The van der Waals surface area contributed by atoms with E-state index in [1.807, 2.05) is 0 Å². The lowest BCUT2D eigenvalue weighted by atomic mass is 10.1. The Bertz CT molecular complexity index is 981. The average Bonchev–Trinajstić information content (AvgIpc) is 3.16. The molecule has 0 aliphatic rings. The van der Waals surface area contributed by atoms with Gasteiger partial charge in [0, 0.05) is 12.8 Å². The highest BCUT2D eigenvalue weighted by Crippen LogP contribution is 2.43. The van der Waals surface area contributed by atoms with E-state index in [9.17, 15) is 23.8 Å². The van der Waals surface area contributed by atoms with Gasteiger partial charge >= 0.3 is 25.7 Å². The summed E-state index contributed by atoms with van der Waals surface area (Å²) in [5.41, 5.74) is 5.34. The van der Waals surface area contributed by atoms with Crippen LogP contribution < -0.4 is 5.73 Å². The lowest BCUT2D eigenvalue weighted by Crippen LogP contribution is -2.34. The van der Waals surface area contributed by atoms with Gasteiger partial charge in [-0.05, 0) is 64.2 Å². The minimum absolute atomic E-state index is 0.181. The quantitative estimate of drug-likeness (QED) is 0.0232. The number of carboxylic acids is 1. The molecule has 2 unspecified atom stereocenters. The third-order valence-electron chi connectivity index (χ3n) is 9.45.